The highest BCUT2D eigenvalue weighted by Gasteiger charge is 2.33. The van der Waals surface area contributed by atoms with Crippen molar-refractivity contribution in [2.24, 2.45) is 5.92 Å². The van der Waals surface area contributed by atoms with E-state index in [9.17, 15) is 14.0 Å². The Morgan fingerprint density at radius 2 is 2.00 bits per heavy atom. The topological polar surface area (TPSA) is 49.9 Å². The zero-order valence-electron chi connectivity index (χ0n) is 17.0. The van der Waals surface area contributed by atoms with E-state index < -0.39 is 0 Å². The molecule has 7 heteroatoms. The van der Waals surface area contributed by atoms with Crippen molar-refractivity contribution in [3.8, 4) is 0 Å². The second kappa shape index (κ2) is 9.71. The van der Waals surface area contributed by atoms with E-state index in [-0.39, 0.29) is 29.7 Å². The van der Waals surface area contributed by atoms with Gasteiger partial charge in [-0.15, -0.1) is 11.3 Å². The van der Waals surface area contributed by atoms with Crippen LogP contribution < -0.4 is 0 Å². The Hall–Kier alpha value is -2.25. The van der Waals surface area contributed by atoms with E-state index >= 15 is 0 Å². The van der Waals surface area contributed by atoms with Gasteiger partial charge in [0, 0.05) is 36.7 Å². The smallest absolute Gasteiger partial charge is 0.253 e. The number of nitrogens with zero attached hydrogens (tertiary/aromatic N) is 2. The molecule has 1 aromatic heterocycles. The highest BCUT2D eigenvalue weighted by molar-refractivity contribution is 7.09. The molecule has 2 aliphatic heterocycles. The number of ether oxygens (including phenoxy) is 1. The molecule has 2 atom stereocenters. The average molecular weight is 431 g/mol. The largest absolute Gasteiger partial charge is 0.376 e. The Balaban J connectivity index is 1.44. The maximum Gasteiger partial charge on any atom is 0.253 e. The van der Waals surface area contributed by atoms with Gasteiger partial charge in [0.15, 0.2) is 0 Å². The second-order valence-corrected chi connectivity index (χ2v) is 9.06. The van der Waals surface area contributed by atoms with Crippen molar-refractivity contribution < 1.29 is 18.7 Å². The number of piperidine rings is 1. The molecule has 2 aromatic rings. The van der Waals surface area contributed by atoms with Crippen LogP contribution in [0.15, 0.2) is 41.8 Å². The molecule has 5 nitrogen and oxygen atoms in total. The van der Waals surface area contributed by atoms with Gasteiger partial charge < -0.3 is 14.5 Å². The predicted molar refractivity (Wildman–Crippen MR) is 114 cm³/mol. The van der Waals surface area contributed by atoms with Crippen molar-refractivity contribution in [3.63, 3.8) is 0 Å². The Morgan fingerprint density at radius 3 is 2.70 bits per heavy atom. The molecule has 0 bridgehead atoms. The van der Waals surface area contributed by atoms with Crippen molar-refractivity contribution in [1.29, 1.82) is 0 Å². The van der Waals surface area contributed by atoms with Crippen molar-refractivity contribution in [3.05, 3.63) is 58.0 Å². The molecule has 0 radical (unpaired) electrons. The fourth-order valence-corrected chi connectivity index (χ4v) is 4.97. The van der Waals surface area contributed by atoms with E-state index in [1.807, 2.05) is 22.4 Å². The molecule has 3 heterocycles. The molecule has 2 aliphatic rings. The lowest BCUT2D eigenvalue weighted by Gasteiger charge is -2.35. The Labute approximate surface area is 180 Å². The van der Waals surface area contributed by atoms with Crippen LogP contribution in [-0.4, -0.2) is 54.0 Å². The van der Waals surface area contributed by atoms with Crippen LogP contribution in [0.25, 0.3) is 0 Å². The molecule has 0 aliphatic carbocycles. The van der Waals surface area contributed by atoms with Crippen LogP contribution in [0.4, 0.5) is 4.39 Å². The van der Waals surface area contributed by atoms with Gasteiger partial charge in [-0.3, -0.25) is 9.59 Å². The van der Waals surface area contributed by atoms with Gasteiger partial charge in [-0.25, -0.2) is 4.39 Å². The molecule has 0 N–H and O–H groups in total. The number of halogens is 1. The lowest BCUT2D eigenvalue weighted by Crippen LogP contribution is -2.48. The summed E-state index contributed by atoms with van der Waals surface area (Å²) in [6.45, 7) is 2.96. The molecule has 0 spiro atoms. The summed E-state index contributed by atoms with van der Waals surface area (Å²) in [5, 5.41) is 2.02. The predicted octanol–water partition coefficient (Wildman–Crippen LogP) is 3.95. The summed E-state index contributed by atoms with van der Waals surface area (Å²) in [7, 11) is 0. The van der Waals surface area contributed by atoms with Gasteiger partial charge in [0.2, 0.25) is 5.91 Å². The lowest BCUT2D eigenvalue weighted by molar-refractivity contribution is -0.139. The first kappa shape index (κ1) is 21.0. The van der Waals surface area contributed by atoms with Crippen molar-refractivity contribution >= 4 is 23.2 Å². The third-order valence-electron chi connectivity index (χ3n) is 5.84. The molecular weight excluding hydrogens is 403 g/mol. The van der Waals surface area contributed by atoms with Crippen LogP contribution in [0, 0.1) is 11.7 Å². The average Bonchev–Trinajstić information content (AvgIpc) is 3.47. The van der Waals surface area contributed by atoms with Crippen LogP contribution in [0.2, 0.25) is 0 Å². The number of thiophene rings is 1. The summed E-state index contributed by atoms with van der Waals surface area (Å²) in [6.07, 6.45) is 3.67. The van der Waals surface area contributed by atoms with Gasteiger partial charge in [-0.1, -0.05) is 6.07 Å². The maximum absolute atomic E-state index is 13.4. The summed E-state index contributed by atoms with van der Waals surface area (Å²) in [5.41, 5.74) is 0.458. The summed E-state index contributed by atoms with van der Waals surface area (Å²) in [4.78, 5) is 31.1. The van der Waals surface area contributed by atoms with Crippen molar-refractivity contribution in [2.75, 3.05) is 26.2 Å². The first-order valence-electron chi connectivity index (χ1n) is 10.6. The fraction of sp³-hybridized carbons (Fsp3) is 0.478. The van der Waals surface area contributed by atoms with Gasteiger partial charge >= 0.3 is 0 Å². The van der Waals surface area contributed by atoms with E-state index in [0.29, 0.717) is 31.7 Å². The number of benzene rings is 1. The van der Waals surface area contributed by atoms with E-state index in [1.54, 1.807) is 16.2 Å². The van der Waals surface area contributed by atoms with Gasteiger partial charge in [0.05, 0.1) is 18.6 Å². The number of likely N-dealkylation sites (tertiary alicyclic amines) is 1. The number of rotatable bonds is 6. The standard InChI is InChI=1S/C23H27FN2O3S/c24-19-9-7-17(8-10-19)22(27)25-11-1-4-18(14-25)23(28)26(15-20-5-2-12-29-20)16-21-6-3-13-30-21/h3,6-10,13,18,20H,1-2,4-5,11-12,14-16H2. The van der Waals surface area contributed by atoms with Crippen LogP contribution in [0.5, 0.6) is 0 Å². The third-order valence-corrected chi connectivity index (χ3v) is 6.70. The quantitative estimate of drug-likeness (QED) is 0.697. The van der Waals surface area contributed by atoms with Crippen molar-refractivity contribution in [1.82, 2.24) is 9.80 Å². The summed E-state index contributed by atoms with van der Waals surface area (Å²) in [6, 6.07) is 9.64. The molecule has 2 unspecified atom stereocenters. The van der Waals surface area contributed by atoms with Gasteiger partial charge in [0.1, 0.15) is 5.82 Å². The molecule has 1 aromatic carbocycles. The van der Waals surface area contributed by atoms with Crippen LogP contribution in [0.1, 0.15) is 40.9 Å². The third kappa shape index (κ3) is 5.08. The Kier molecular flexibility index (Phi) is 6.79. The minimum atomic E-state index is -0.364. The highest BCUT2D eigenvalue weighted by Crippen LogP contribution is 2.24. The van der Waals surface area contributed by atoms with E-state index in [1.165, 1.54) is 24.3 Å². The lowest BCUT2D eigenvalue weighted by atomic mass is 9.95. The molecule has 30 heavy (non-hydrogen) atoms. The minimum Gasteiger partial charge on any atom is -0.376 e. The Morgan fingerprint density at radius 1 is 1.17 bits per heavy atom. The van der Waals surface area contributed by atoms with E-state index in [2.05, 4.69) is 0 Å². The minimum absolute atomic E-state index is 0.0921. The molecule has 2 saturated heterocycles. The summed E-state index contributed by atoms with van der Waals surface area (Å²) in [5.74, 6) is -0.631. The summed E-state index contributed by atoms with van der Waals surface area (Å²) < 4.78 is 19.0. The normalized spacial score (nSPS) is 21.6. The van der Waals surface area contributed by atoms with Gasteiger partial charge in [0.25, 0.3) is 5.91 Å². The van der Waals surface area contributed by atoms with Crippen LogP contribution in [0.3, 0.4) is 0 Å². The number of hydrogen-bond donors (Lipinski definition) is 0. The molecule has 4 rings (SSSR count). The number of amides is 2. The zero-order chi connectivity index (χ0) is 20.9. The zero-order valence-corrected chi connectivity index (χ0v) is 17.8. The SMILES string of the molecule is O=C(c1ccc(F)cc1)N1CCCC(C(=O)N(Cc2cccs2)CC2CCCO2)C1. The fourth-order valence-electron chi connectivity index (χ4n) is 4.25. The first-order valence-corrected chi connectivity index (χ1v) is 11.5. The molecule has 160 valence electrons. The van der Waals surface area contributed by atoms with Gasteiger partial charge in [-0.05, 0) is 61.4 Å². The highest BCUT2D eigenvalue weighted by atomic mass is 32.1. The second-order valence-electron chi connectivity index (χ2n) is 8.03. The number of hydrogen-bond acceptors (Lipinski definition) is 4. The number of carbonyl (C=O) groups excluding carboxylic acids is 2. The molecule has 2 fully saturated rings. The monoisotopic (exact) mass is 430 g/mol. The molecule has 2 amide bonds. The Bertz CT molecular complexity index is 850. The maximum atomic E-state index is 13.4. The molecular formula is C23H27FN2O3S. The van der Waals surface area contributed by atoms with Crippen LogP contribution in [-0.2, 0) is 16.1 Å². The van der Waals surface area contributed by atoms with Gasteiger partial charge in [-0.2, -0.15) is 0 Å². The summed E-state index contributed by atoms with van der Waals surface area (Å²) >= 11 is 1.65. The molecule has 0 saturated carbocycles. The number of carbonyl (C=O) groups is 2. The van der Waals surface area contributed by atoms with Crippen LogP contribution >= 0.6 is 11.3 Å². The van der Waals surface area contributed by atoms with E-state index in [0.717, 1.165) is 37.2 Å². The first-order chi connectivity index (χ1) is 14.6. The van der Waals surface area contributed by atoms with Crippen molar-refractivity contribution in [2.45, 2.75) is 38.3 Å². The van der Waals surface area contributed by atoms with E-state index in [4.69, 9.17) is 4.74 Å².